The molecule has 3 rings (SSSR count). The number of phenolic OH excluding ortho intramolecular Hbond substituents is 1. The molecule has 0 saturated carbocycles. The molecule has 1 N–H and O–H groups in total. The molecule has 1 aromatic heterocycles. The van der Waals surface area contributed by atoms with Crippen LogP contribution >= 0.6 is 11.3 Å². The number of thiophene rings is 1. The first-order chi connectivity index (χ1) is 9.13. The lowest BCUT2D eigenvalue weighted by Crippen LogP contribution is -1.85. The summed E-state index contributed by atoms with van der Waals surface area (Å²) in [4.78, 5) is 1.25. The zero-order chi connectivity index (χ0) is 13.4. The molecular weight excluding hydrogens is 252 g/mol. The summed E-state index contributed by atoms with van der Waals surface area (Å²) in [5, 5.41) is 10.7. The van der Waals surface area contributed by atoms with Crippen LogP contribution in [0.25, 0.3) is 20.5 Å². The smallest absolute Gasteiger partial charge is 0.117 e. The second-order valence-corrected chi connectivity index (χ2v) is 6.19. The van der Waals surface area contributed by atoms with E-state index in [1.807, 2.05) is 12.1 Å². The van der Waals surface area contributed by atoms with E-state index in [0.29, 0.717) is 11.7 Å². The average molecular weight is 268 g/mol. The van der Waals surface area contributed by atoms with Crippen molar-refractivity contribution in [2.45, 2.75) is 19.8 Å². The van der Waals surface area contributed by atoms with Gasteiger partial charge in [0.25, 0.3) is 0 Å². The van der Waals surface area contributed by atoms with Crippen molar-refractivity contribution >= 4 is 21.4 Å². The maximum absolute atomic E-state index is 9.51. The Labute approximate surface area is 117 Å². The van der Waals surface area contributed by atoms with E-state index in [-0.39, 0.29) is 0 Å². The number of phenols is 1. The van der Waals surface area contributed by atoms with E-state index < -0.39 is 0 Å². The van der Waals surface area contributed by atoms with Gasteiger partial charge in [0.15, 0.2) is 0 Å². The predicted octanol–water partition coefficient (Wildman–Crippen LogP) is 5.40. The molecule has 2 heteroatoms. The molecule has 0 unspecified atom stereocenters. The molecule has 0 aliphatic rings. The number of hydrogen-bond acceptors (Lipinski definition) is 2. The van der Waals surface area contributed by atoms with Gasteiger partial charge >= 0.3 is 0 Å². The van der Waals surface area contributed by atoms with Gasteiger partial charge in [-0.2, -0.15) is 0 Å². The lowest BCUT2D eigenvalue weighted by molar-refractivity contribution is 0.476. The first-order valence-electron chi connectivity index (χ1n) is 6.46. The van der Waals surface area contributed by atoms with E-state index in [1.165, 1.54) is 21.4 Å². The minimum Gasteiger partial charge on any atom is -0.508 e. The van der Waals surface area contributed by atoms with Gasteiger partial charge in [-0.15, -0.1) is 11.3 Å². The molecule has 0 atom stereocenters. The van der Waals surface area contributed by atoms with Crippen LogP contribution in [0.3, 0.4) is 0 Å². The van der Waals surface area contributed by atoms with E-state index in [4.69, 9.17) is 0 Å². The monoisotopic (exact) mass is 268 g/mol. The summed E-state index contributed by atoms with van der Waals surface area (Å²) in [7, 11) is 0. The first kappa shape index (κ1) is 12.2. The summed E-state index contributed by atoms with van der Waals surface area (Å²) in [6, 6.07) is 16.5. The fourth-order valence-electron chi connectivity index (χ4n) is 2.19. The summed E-state index contributed by atoms with van der Waals surface area (Å²) < 4.78 is 1.13. The number of rotatable bonds is 2. The predicted molar refractivity (Wildman–Crippen MR) is 83.0 cm³/mol. The van der Waals surface area contributed by atoms with Gasteiger partial charge in [-0.05, 0) is 46.7 Å². The summed E-state index contributed by atoms with van der Waals surface area (Å²) in [6.07, 6.45) is 0. The van der Waals surface area contributed by atoms with Gasteiger partial charge in [-0.1, -0.05) is 38.1 Å². The Morgan fingerprint density at radius 2 is 1.68 bits per heavy atom. The third-order valence-electron chi connectivity index (χ3n) is 3.37. The van der Waals surface area contributed by atoms with Gasteiger partial charge in [0, 0.05) is 9.58 Å². The van der Waals surface area contributed by atoms with Crippen molar-refractivity contribution in [2.75, 3.05) is 0 Å². The van der Waals surface area contributed by atoms with Gasteiger partial charge in [-0.3, -0.25) is 0 Å². The van der Waals surface area contributed by atoms with Crippen LogP contribution in [0.5, 0.6) is 5.75 Å². The molecule has 0 aliphatic carbocycles. The summed E-state index contributed by atoms with van der Waals surface area (Å²) in [5.74, 6) is 0.893. The number of hydrogen-bond donors (Lipinski definition) is 1. The van der Waals surface area contributed by atoms with Crippen LogP contribution in [0.15, 0.2) is 48.5 Å². The van der Waals surface area contributed by atoms with Crippen LogP contribution < -0.4 is 0 Å². The van der Waals surface area contributed by atoms with Gasteiger partial charge in [-0.25, -0.2) is 0 Å². The van der Waals surface area contributed by atoms with Crippen molar-refractivity contribution < 1.29 is 5.11 Å². The van der Waals surface area contributed by atoms with Crippen molar-refractivity contribution in [3.05, 3.63) is 54.1 Å². The van der Waals surface area contributed by atoms with E-state index in [0.717, 1.165) is 4.70 Å². The highest BCUT2D eigenvalue weighted by atomic mass is 32.1. The molecule has 19 heavy (non-hydrogen) atoms. The Bertz CT molecular complexity index is 708. The Morgan fingerprint density at radius 3 is 2.37 bits per heavy atom. The quantitative estimate of drug-likeness (QED) is 0.660. The molecule has 0 aliphatic heterocycles. The van der Waals surface area contributed by atoms with E-state index in [9.17, 15) is 5.11 Å². The minimum absolute atomic E-state index is 0.330. The highest BCUT2D eigenvalue weighted by Gasteiger charge is 2.06. The van der Waals surface area contributed by atoms with E-state index in [2.05, 4.69) is 44.2 Å². The molecule has 1 nitrogen and oxygen atoms in total. The topological polar surface area (TPSA) is 20.2 Å². The number of aromatic hydroxyl groups is 1. The van der Waals surface area contributed by atoms with Gasteiger partial charge < -0.3 is 5.11 Å². The van der Waals surface area contributed by atoms with Gasteiger partial charge in [0.2, 0.25) is 0 Å². The van der Waals surface area contributed by atoms with E-state index in [1.54, 1.807) is 17.4 Å². The van der Waals surface area contributed by atoms with Crippen molar-refractivity contribution in [1.82, 2.24) is 0 Å². The van der Waals surface area contributed by atoms with Gasteiger partial charge in [0.05, 0.1) is 0 Å². The van der Waals surface area contributed by atoms with Crippen LogP contribution in [0.2, 0.25) is 0 Å². The summed E-state index contributed by atoms with van der Waals surface area (Å²) in [5.41, 5.74) is 2.60. The molecular formula is C17H16OS. The molecule has 0 fully saturated rings. The molecule has 0 radical (unpaired) electrons. The largest absolute Gasteiger partial charge is 0.508 e. The normalized spacial score (nSPS) is 11.3. The van der Waals surface area contributed by atoms with Crippen molar-refractivity contribution in [3.63, 3.8) is 0 Å². The molecule has 3 aromatic rings. The minimum atomic E-state index is 0.330. The molecule has 2 aromatic carbocycles. The SMILES string of the molecule is CC(C)c1ccc(-c2cc3ccc(O)cc3s2)cc1. The van der Waals surface area contributed by atoms with Crippen molar-refractivity contribution in [2.24, 2.45) is 0 Å². The van der Waals surface area contributed by atoms with Crippen LogP contribution in [0.1, 0.15) is 25.3 Å². The van der Waals surface area contributed by atoms with Crippen LogP contribution in [-0.4, -0.2) is 5.11 Å². The van der Waals surface area contributed by atoms with Crippen LogP contribution in [0.4, 0.5) is 0 Å². The van der Waals surface area contributed by atoms with Crippen molar-refractivity contribution in [3.8, 4) is 16.2 Å². The molecule has 0 bridgehead atoms. The lowest BCUT2D eigenvalue weighted by Gasteiger charge is -2.05. The molecule has 96 valence electrons. The fraction of sp³-hybridized carbons (Fsp3) is 0.176. The average Bonchev–Trinajstić information content (AvgIpc) is 2.81. The Balaban J connectivity index is 2.03. The molecule has 0 spiro atoms. The number of fused-ring (bicyclic) bond motifs is 1. The van der Waals surface area contributed by atoms with Gasteiger partial charge in [0.1, 0.15) is 5.75 Å². The standard InChI is InChI=1S/C17H16OS/c1-11(2)12-3-5-13(6-4-12)16-9-14-7-8-15(18)10-17(14)19-16/h3-11,18H,1-2H3. The second kappa shape index (κ2) is 4.71. The highest BCUT2D eigenvalue weighted by Crippen LogP contribution is 2.35. The number of benzene rings is 2. The maximum atomic E-state index is 9.51. The maximum Gasteiger partial charge on any atom is 0.117 e. The lowest BCUT2D eigenvalue weighted by atomic mass is 10.0. The summed E-state index contributed by atoms with van der Waals surface area (Å²) >= 11 is 1.72. The fourth-order valence-corrected chi connectivity index (χ4v) is 3.30. The molecule has 0 saturated heterocycles. The van der Waals surface area contributed by atoms with Crippen LogP contribution in [-0.2, 0) is 0 Å². The van der Waals surface area contributed by atoms with E-state index >= 15 is 0 Å². The zero-order valence-electron chi connectivity index (χ0n) is 11.1. The van der Waals surface area contributed by atoms with Crippen molar-refractivity contribution in [1.29, 1.82) is 0 Å². The Morgan fingerprint density at radius 1 is 0.947 bits per heavy atom. The third kappa shape index (κ3) is 2.36. The van der Waals surface area contributed by atoms with Crippen LogP contribution in [0, 0.1) is 0 Å². The Hall–Kier alpha value is -1.80. The second-order valence-electron chi connectivity index (χ2n) is 5.11. The Kier molecular flexibility index (Phi) is 3.03. The zero-order valence-corrected chi connectivity index (χ0v) is 11.9. The highest BCUT2D eigenvalue weighted by molar-refractivity contribution is 7.22. The summed E-state index contributed by atoms with van der Waals surface area (Å²) in [6.45, 7) is 4.41. The molecule has 0 amide bonds. The molecule has 1 heterocycles. The third-order valence-corrected chi connectivity index (χ3v) is 4.51. The first-order valence-corrected chi connectivity index (χ1v) is 7.28.